The van der Waals surface area contributed by atoms with Gasteiger partial charge in [-0.05, 0) is 59.7 Å². The van der Waals surface area contributed by atoms with E-state index in [0.29, 0.717) is 28.8 Å². The van der Waals surface area contributed by atoms with Crippen LogP contribution in [-0.4, -0.2) is 37.7 Å². The summed E-state index contributed by atoms with van der Waals surface area (Å²) in [5.74, 6) is -0.189. The predicted molar refractivity (Wildman–Crippen MR) is 135 cm³/mol. The van der Waals surface area contributed by atoms with Gasteiger partial charge in [-0.25, -0.2) is 0 Å². The molecule has 0 spiro atoms. The molecule has 1 aliphatic heterocycles. The van der Waals surface area contributed by atoms with Gasteiger partial charge in [0.25, 0.3) is 5.91 Å². The highest BCUT2D eigenvalue weighted by Crippen LogP contribution is 2.35. The van der Waals surface area contributed by atoms with Gasteiger partial charge < -0.3 is 4.90 Å². The van der Waals surface area contributed by atoms with E-state index in [4.69, 9.17) is 0 Å². The molecule has 4 aromatic rings. The van der Waals surface area contributed by atoms with E-state index in [1.54, 1.807) is 21.7 Å². The number of anilines is 1. The molecule has 0 aliphatic carbocycles. The molecule has 3 aromatic carbocycles. The molecule has 0 bridgehead atoms. The van der Waals surface area contributed by atoms with Crippen molar-refractivity contribution in [1.29, 1.82) is 0 Å². The van der Waals surface area contributed by atoms with Crippen LogP contribution in [-0.2, 0) is 17.5 Å². The normalized spacial score (nSPS) is 14.3. The molecule has 0 atom stereocenters. The average Bonchev–Trinajstić information content (AvgIpc) is 3.47. The molecule has 7 nitrogen and oxygen atoms in total. The third-order valence-electron chi connectivity index (χ3n) is 5.90. The fourth-order valence-corrected chi connectivity index (χ4v) is 4.86. The fraction of sp³-hybridized carbons (Fsp3) is 0.192. The van der Waals surface area contributed by atoms with Crippen LogP contribution < -0.4 is 4.90 Å². The molecular weight excluding hydrogens is 501 g/mol. The van der Waals surface area contributed by atoms with Crippen LogP contribution in [0.15, 0.2) is 76.9 Å². The molecule has 0 unspecified atom stereocenters. The Labute approximate surface area is 215 Å². The number of fused-ring (bicyclic) bond motifs is 1. The molecule has 0 saturated carbocycles. The van der Waals surface area contributed by atoms with Crippen molar-refractivity contribution in [1.82, 2.24) is 20.2 Å². The number of nitrogens with zero attached hydrogens (tertiary/aromatic N) is 6. The lowest BCUT2D eigenvalue weighted by Gasteiger charge is -2.20. The number of amidine groups is 1. The molecule has 2 heterocycles. The maximum Gasteiger partial charge on any atom is 0.416 e. The van der Waals surface area contributed by atoms with Crippen molar-refractivity contribution in [2.75, 3.05) is 10.7 Å². The quantitative estimate of drug-likeness (QED) is 0.328. The summed E-state index contributed by atoms with van der Waals surface area (Å²) in [6.07, 6.45) is -4.48. The number of carbonyl (C=O) groups is 1. The van der Waals surface area contributed by atoms with Gasteiger partial charge >= 0.3 is 6.18 Å². The standard InChI is InChI=1S/C26H21F3N6OS/c1-16-10-11-22(17(2)12-16)35-25(31-32-33-35)37-15-23(36)30-24-21-9-4-3-6-18(21)14-34(24)20-8-5-7-19(13-20)26(27,28)29/h3-13H,14-15H2,1-2H3. The Bertz CT molecular complexity index is 1510. The van der Waals surface area contributed by atoms with E-state index in [1.165, 1.54) is 6.07 Å². The predicted octanol–water partition coefficient (Wildman–Crippen LogP) is 5.38. The number of tetrazole rings is 1. The fourth-order valence-electron chi connectivity index (χ4n) is 4.19. The smallest absolute Gasteiger partial charge is 0.321 e. The second kappa shape index (κ2) is 9.81. The summed E-state index contributed by atoms with van der Waals surface area (Å²) in [5, 5.41) is 12.3. The first-order valence-electron chi connectivity index (χ1n) is 11.3. The summed E-state index contributed by atoms with van der Waals surface area (Å²) < 4.78 is 41.6. The number of halogens is 3. The van der Waals surface area contributed by atoms with E-state index in [1.807, 2.05) is 50.2 Å². The van der Waals surface area contributed by atoms with Gasteiger partial charge in [0.2, 0.25) is 5.16 Å². The van der Waals surface area contributed by atoms with Crippen molar-refractivity contribution >= 4 is 29.2 Å². The summed E-state index contributed by atoms with van der Waals surface area (Å²) in [7, 11) is 0. The zero-order valence-electron chi connectivity index (χ0n) is 19.9. The van der Waals surface area contributed by atoms with Crippen LogP contribution in [0.5, 0.6) is 0 Å². The molecule has 37 heavy (non-hydrogen) atoms. The monoisotopic (exact) mass is 522 g/mol. The second-order valence-corrected chi connectivity index (χ2v) is 9.51. The summed E-state index contributed by atoms with van der Waals surface area (Å²) in [5.41, 5.74) is 4.02. The van der Waals surface area contributed by atoms with Crippen molar-refractivity contribution in [3.63, 3.8) is 0 Å². The van der Waals surface area contributed by atoms with E-state index in [2.05, 4.69) is 20.5 Å². The van der Waals surface area contributed by atoms with Crippen molar-refractivity contribution in [2.45, 2.75) is 31.7 Å². The molecular formula is C26H21F3N6OS. The van der Waals surface area contributed by atoms with Gasteiger partial charge in [-0.15, -0.1) is 5.10 Å². The van der Waals surface area contributed by atoms with Gasteiger partial charge in [-0.1, -0.05) is 59.8 Å². The number of thioether (sulfide) groups is 1. The molecule has 0 saturated heterocycles. The number of rotatable bonds is 5. The van der Waals surface area contributed by atoms with Gasteiger partial charge in [-0.3, -0.25) is 4.79 Å². The summed E-state index contributed by atoms with van der Waals surface area (Å²) in [4.78, 5) is 18.9. The molecule has 1 aromatic heterocycles. The Morgan fingerprint density at radius 2 is 1.86 bits per heavy atom. The number of hydrogen-bond acceptors (Lipinski definition) is 5. The van der Waals surface area contributed by atoms with Crippen molar-refractivity contribution in [3.8, 4) is 5.69 Å². The molecule has 1 amide bonds. The van der Waals surface area contributed by atoms with E-state index < -0.39 is 17.6 Å². The Morgan fingerprint density at radius 1 is 1.05 bits per heavy atom. The highest BCUT2D eigenvalue weighted by molar-refractivity contribution is 7.99. The van der Waals surface area contributed by atoms with Crippen LogP contribution in [0.3, 0.4) is 0 Å². The molecule has 0 fully saturated rings. The minimum Gasteiger partial charge on any atom is -0.321 e. The highest BCUT2D eigenvalue weighted by atomic mass is 32.2. The van der Waals surface area contributed by atoms with Crippen LogP contribution in [0.1, 0.15) is 27.8 Å². The minimum absolute atomic E-state index is 0.0482. The average molecular weight is 523 g/mol. The number of amides is 1. The number of hydrogen-bond donors (Lipinski definition) is 0. The van der Waals surface area contributed by atoms with Gasteiger partial charge in [0, 0.05) is 11.3 Å². The topological polar surface area (TPSA) is 76.3 Å². The van der Waals surface area contributed by atoms with E-state index in [0.717, 1.165) is 46.3 Å². The Morgan fingerprint density at radius 3 is 2.65 bits per heavy atom. The largest absolute Gasteiger partial charge is 0.416 e. The van der Waals surface area contributed by atoms with Crippen molar-refractivity contribution in [3.05, 3.63) is 94.5 Å². The molecule has 0 radical (unpaired) electrons. The lowest BCUT2D eigenvalue weighted by atomic mass is 10.1. The summed E-state index contributed by atoms with van der Waals surface area (Å²) >= 11 is 1.14. The van der Waals surface area contributed by atoms with Crippen molar-refractivity contribution < 1.29 is 18.0 Å². The second-order valence-electron chi connectivity index (χ2n) is 8.57. The minimum atomic E-state index is -4.48. The number of alkyl halides is 3. The van der Waals surface area contributed by atoms with Crippen LogP contribution in [0.25, 0.3) is 5.69 Å². The number of aromatic nitrogens is 4. The van der Waals surface area contributed by atoms with E-state index in [9.17, 15) is 18.0 Å². The van der Waals surface area contributed by atoms with Crippen molar-refractivity contribution in [2.24, 2.45) is 4.99 Å². The van der Waals surface area contributed by atoms with Gasteiger partial charge in [0.05, 0.1) is 23.5 Å². The van der Waals surface area contributed by atoms with E-state index >= 15 is 0 Å². The molecule has 0 N–H and O–H groups in total. The SMILES string of the molecule is Cc1ccc(-n2nnnc2SCC(=O)N=C2c3ccccc3CN2c2cccc(C(F)(F)F)c2)c(C)c1. The Balaban J connectivity index is 1.41. The molecule has 188 valence electrons. The van der Waals surface area contributed by atoms with Gasteiger partial charge in [0.1, 0.15) is 5.84 Å². The number of benzene rings is 3. The first-order chi connectivity index (χ1) is 17.7. The number of aliphatic imine (C=N–C) groups is 1. The van der Waals surface area contributed by atoms with Crippen LogP contribution in [0, 0.1) is 13.8 Å². The van der Waals surface area contributed by atoms with Crippen LogP contribution >= 0.6 is 11.8 Å². The Kier molecular flexibility index (Phi) is 6.55. The van der Waals surface area contributed by atoms with E-state index in [-0.39, 0.29) is 5.75 Å². The first kappa shape index (κ1) is 24.7. The number of aryl methyl sites for hydroxylation is 2. The lowest BCUT2D eigenvalue weighted by molar-refractivity contribution is -0.137. The summed E-state index contributed by atoms with van der Waals surface area (Å²) in [6.45, 7) is 4.25. The maximum absolute atomic E-state index is 13.3. The van der Waals surface area contributed by atoms with Gasteiger partial charge in [0.15, 0.2) is 0 Å². The van der Waals surface area contributed by atoms with Crippen LogP contribution in [0.2, 0.25) is 0 Å². The van der Waals surface area contributed by atoms with Gasteiger partial charge in [-0.2, -0.15) is 22.8 Å². The third-order valence-corrected chi connectivity index (χ3v) is 6.81. The zero-order valence-corrected chi connectivity index (χ0v) is 20.7. The highest BCUT2D eigenvalue weighted by Gasteiger charge is 2.33. The zero-order chi connectivity index (χ0) is 26.2. The van der Waals surface area contributed by atoms with Crippen LogP contribution in [0.4, 0.5) is 18.9 Å². The molecule has 1 aliphatic rings. The maximum atomic E-state index is 13.3. The number of carbonyl (C=O) groups excluding carboxylic acids is 1. The third kappa shape index (κ3) is 5.12. The lowest BCUT2D eigenvalue weighted by Crippen LogP contribution is -2.26. The Hall–Kier alpha value is -3.99. The molecule has 11 heteroatoms. The summed E-state index contributed by atoms with van der Waals surface area (Å²) in [6, 6.07) is 18.2. The first-order valence-corrected chi connectivity index (χ1v) is 12.3. The molecule has 5 rings (SSSR count).